The maximum Gasteiger partial charge on any atom is 0.416 e. The zero-order chi connectivity index (χ0) is 25.1. The van der Waals surface area contributed by atoms with E-state index in [0.29, 0.717) is 17.7 Å². The molecule has 0 atom stereocenters. The first-order valence-electron chi connectivity index (χ1n) is 10.4. The Morgan fingerprint density at radius 1 is 1.00 bits per heavy atom. The maximum atomic E-state index is 12.8. The minimum atomic E-state index is -4.40. The molecule has 0 bridgehead atoms. The van der Waals surface area contributed by atoms with Crippen molar-refractivity contribution in [3.8, 4) is 5.75 Å². The molecule has 2 aromatic rings. The van der Waals surface area contributed by atoms with Crippen LogP contribution in [-0.4, -0.2) is 40.8 Å². The third-order valence-corrected chi connectivity index (χ3v) is 4.42. The molecule has 0 radical (unpaired) electrons. The molecule has 33 heavy (non-hydrogen) atoms. The van der Waals surface area contributed by atoms with Crippen LogP contribution in [0.15, 0.2) is 48.5 Å². The lowest BCUT2D eigenvalue weighted by molar-refractivity contribution is -0.138. The van der Waals surface area contributed by atoms with Gasteiger partial charge in [0.05, 0.1) is 5.56 Å². The zero-order valence-electron chi connectivity index (χ0n) is 18.9. The van der Waals surface area contributed by atoms with Crippen LogP contribution in [0.4, 0.5) is 13.2 Å². The summed E-state index contributed by atoms with van der Waals surface area (Å²) < 4.78 is 44.1. The van der Waals surface area contributed by atoms with Crippen molar-refractivity contribution in [1.82, 2.24) is 5.32 Å². The summed E-state index contributed by atoms with van der Waals surface area (Å²) in [6, 6.07) is 11.8. The predicted molar refractivity (Wildman–Crippen MR) is 118 cm³/mol. The minimum Gasteiger partial charge on any atom is -0.481 e. The fraction of sp³-hybridized carbons (Fsp3) is 0.417. The van der Waals surface area contributed by atoms with E-state index in [1.807, 2.05) is 0 Å². The minimum absolute atomic E-state index is 0.0278. The van der Waals surface area contributed by atoms with Crippen LogP contribution in [0.3, 0.4) is 0 Å². The van der Waals surface area contributed by atoms with E-state index in [-0.39, 0.29) is 26.0 Å². The van der Waals surface area contributed by atoms with E-state index in [0.717, 1.165) is 17.7 Å². The van der Waals surface area contributed by atoms with Crippen LogP contribution < -0.4 is 10.1 Å². The SMILES string of the molecule is CC(C)(Oc1ccc(CCC(=O)O)cc1)C(=O)NCCc1cccc(C(F)(F)F)c1.CCO. The van der Waals surface area contributed by atoms with Gasteiger partial charge in [0.15, 0.2) is 5.60 Å². The van der Waals surface area contributed by atoms with Gasteiger partial charge < -0.3 is 20.3 Å². The second-order valence-electron chi connectivity index (χ2n) is 7.67. The molecule has 0 aliphatic rings. The van der Waals surface area contributed by atoms with Crippen molar-refractivity contribution in [1.29, 1.82) is 0 Å². The van der Waals surface area contributed by atoms with Crippen LogP contribution in [0.25, 0.3) is 0 Å². The van der Waals surface area contributed by atoms with Gasteiger partial charge in [-0.05, 0) is 62.9 Å². The molecule has 2 rings (SSSR count). The van der Waals surface area contributed by atoms with E-state index < -0.39 is 29.2 Å². The van der Waals surface area contributed by atoms with Gasteiger partial charge in [-0.25, -0.2) is 0 Å². The molecule has 9 heteroatoms. The number of carbonyl (C=O) groups excluding carboxylic acids is 1. The van der Waals surface area contributed by atoms with E-state index in [9.17, 15) is 22.8 Å². The molecule has 0 fully saturated rings. The molecule has 0 saturated heterocycles. The van der Waals surface area contributed by atoms with Gasteiger partial charge >= 0.3 is 12.1 Å². The average molecular weight is 470 g/mol. The Hall–Kier alpha value is -3.07. The Morgan fingerprint density at radius 2 is 1.61 bits per heavy atom. The highest BCUT2D eigenvalue weighted by Crippen LogP contribution is 2.29. The summed E-state index contributed by atoms with van der Waals surface area (Å²) >= 11 is 0. The van der Waals surface area contributed by atoms with Crippen molar-refractivity contribution < 1.29 is 37.7 Å². The topological polar surface area (TPSA) is 95.9 Å². The Kier molecular flexibility index (Phi) is 10.9. The number of ether oxygens (including phenoxy) is 1. The molecule has 0 aliphatic heterocycles. The number of carbonyl (C=O) groups is 2. The number of hydrogen-bond donors (Lipinski definition) is 3. The van der Waals surface area contributed by atoms with Gasteiger partial charge in [-0.2, -0.15) is 13.2 Å². The Labute approximate surface area is 191 Å². The lowest BCUT2D eigenvalue weighted by Gasteiger charge is -2.25. The highest BCUT2D eigenvalue weighted by atomic mass is 19.4. The summed E-state index contributed by atoms with van der Waals surface area (Å²) in [7, 11) is 0. The number of aliphatic hydroxyl groups is 1. The average Bonchev–Trinajstić information content (AvgIpc) is 2.73. The molecular weight excluding hydrogens is 439 g/mol. The van der Waals surface area contributed by atoms with E-state index >= 15 is 0 Å². The molecule has 0 unspecified atom stereocenters. The molecule has 0 aliphatic carbocycles. The smallest absolute Gasteiger partial charge is 0.416 e. The van der Waals surface area contributed by atoms with Crippen molar-refractivity contribution in [2.24, 2.45) is 0 Å². The number of benzene rings is 2. The van der Waals surface area contributed by atoms with Crippen LogP contribution in [0.1, 0.15) is 43.9 Å². The third kappa shape index (κ3) is 10.4. The molecule has 0 heterocycles. The lowest BCUT2D eigenvalue weighted by Crippen LogP contribution is -2.47. The van der Waals surface area contributed by atoms with Crippen LogP contribution in [0.5, 0.6) is 5.75 Å². The number of carboxylic acids is 1. The number of aliphatic hydroxyl groups excluding tert-OH is 1. The van der Waals surface area contributed by atoms with Crippen molar-refractivity contribution in [3.05, 3.63) is 65.2 Å². The van der Waals surface area contributed by atoms with Gasteiger partial charge in [0.1, 0.15) is 5.75 Å². The summed E-state index contributed by atoms with van der Waals surface area (Å²) in [5, 5.41) is 19.0. The van der Waals surface area contributed by atoms with Gasteiger partial charge in [-0.3, -0.25) is 9.59 Å². The molecule has 1 amide bonds. The summed E-state index contributed by atoms with van der Waals surface area (Å²) in [5.41, 5.74) is -0.605. The molecule has 182 valence electrons. The number of aliphatic carboxylic acids is 1. The van der Waals surface area contributed by atoms with Crippen LogP contribution >= 0.6 is 0 Å². The Balaban J connectivity index is 0.00000172. The predicted octanol–water partition coefficient (Wildman–Crippen LogP) is 4.24. The molecule has 0 spiro atoms. The maximum absolute atomic E-state index is 12.8. The monoisotopic (exact) mass is 469 g/mol. The largest absolute Gasteiger partial charge is 0.481 e. The van der Waals surface area contributed by atoms with Crippen molar-refractivity contribution >= 4 is 11.9 Å². The lowest BCUT2D eigenvalue weighted by atomic mass is 10.1. The number of amides is 1. The molecule has 2 aromatic carbocycles. The third-order valence-electron chi connectivity index (χ3n) is 4.42. The van der Waals surface area contributed by atoms with Gasteiger partial charge in [0, 0.05) is 19.6 Å². The summed E-state index contributed by atoms with van der Waals surface area (Å²) in [5.74, 6) is -0.824. The Bertz CT molecular complexity index is 896. The van der Waals surface area contributed by atoms with Crippen molar-refractivity contribution in [2.45, 2.75) is 51.8 Å². The normalized spacial score (nSPS) is 11.2. The highest BCUT2D eigenvalue weighted by Gasteiger charge is 2.31. The van der Waals surface area contributed by atoms with Gasteiger partial charge in [-0.15, -0.1) is 0 Å². The van der Waals surface area contributed by atoms with Crippen LogP contribution in [-0.2, 0) is 28.6 Å². The quantitative estimate of drug-likeness (QED) is 0.511. The standard InChI is InChI=1S/C22H24F3NO4.C2H6O/c1-21(2,30-18-9-6-15(7-10-18)8-11-19(27)28)20(29)26-13-12-16-4-3-5-17(14-16)22(23,24)25;1-2-3/h3-7,9-10,14H,8,11-13H2,1-2H3,(H,26,29)(H,27,28);3H,2H2,1H3. The number of rotatable bonds is 9. The highest BCUT2D eigenvalue weighted by molar-refractivity contribution is 5.84. The molecule has 3 N–H and O–H groups in total. The summed E-state index contributed by atoms with van der Waals surface area (Å²) in [6.45, 7) is 5.27. The van der Waals surface area contributed by atoms with Crippen LogP contribution in [0.2, 0.25) is 0 Å². The first-order chi connectivity index (χ1) is 15.4. The second kappa shape index (κ2) is 12.8. The molecular formula is C24H30F3NO5. The number of alkyl halides is 3. The van der Waals surface area contributed by atoms with E-state index in [1.165, 1.54) is 6.07 Å². The number of carboxylic acid groups (broad SMARTS) is 1. The van der Waals surface area contributed by atoms with E-state index in [4.69, 9.17) is 14.9 Å². The fourth-order valence-corrected chi connectivity index (χ4v) is 2.75. The number of hydrogen-bond acceptors (Lipinski definition) is 4. The fourth-order valence-electron chi connectivity index (χ4n) is 2.75. The number of aryl methyl sites for hydroxylation is 1. The van der Waals surface area contributed by atoms with Gasteiger partial charge in [0.2, 0.25) is 0 Å². The number of nitrogens with one attached hydrogen (secondary N) is 1. The first kappa shape index (κ1) is 28.0. The van der Waals surface area contributed by atoms with E-state index in [1.54, 1.807) is 51.1 Å². The van der Waals surface area contributed by atoms with Gasteiger partial charge in [-0.1, -0.05) is 30.3 Å². The first-order valence-corrected chi connectivity index (χ1v) is 10.4. The molecule has 6 nitrogen and oxygen atoms in total. The molecule has 0 saturated carbocycles. The van der Waals surface area contributed by atoms with Gasteiger partial charge in [0.25, 0.3) is 5.91 Å². The molecule has 0 aromatic heterocycles. The van der Waals surface area contributed by atoms with Crippen molar-refractivity contribution in [3.63, 3.8) is 0 Å². The Morgan fingerprint density at radius 3 is 2.15 bits per heavy atom. The summed E-state index contributed by atoms with van der Waals surface area (Å²) in [4.78, 5) is 23.1. The van der Waals surface area contributed by atoms with Crippen LogP contribution in [0, 0.1) is 0 Å². The van der Waals surface area contributed by atoms with E-state index in [2.05, 4.69) is 5.32 Å². The summed E-state index contributed by atoms with van der Waals surface area (Å²) in [6.07, 6.45) is -3.72. The second-order valence-corrected chi connectivity index (χ2v) is 7.67. The van der Waals surface area contributed by atoms with Crippen molar-refractivity contribution in [2.75, 3.05) is 13.2 Å². The zero-order valence-corrected chi connectivity index (χ0v) is 18.9. The number of halogens is 3.